The van der Waals surface area contributed by atoms with Gasteiger partial charge in [-0.25, -0.2) is 0 Å². The topological polar surface area (TPSA) is 70.2 Å². The van der Waals surface area contributed by atoms with Crippen LogP contribution < -0.4 is 9.64 Å². The third-order valence-electron chi connectivity index (χ3n) is 6.24. The smallest absolute Gasteiger partial charge is 0.267 e. The molecule has 1 aromatic carbocycles. The second-order valence-corrected chi connectivity index (χ2v) is 8.16. The molecular weight excluding hydrogens is 370 g/mol. The maximum atomic E-state index is 12.7. The van der Waals surface area contributed by atoms with Crippen LogP contribution >= 0.6 is 0 Å². The minimum atomic E-state index is -0.549. The number of para-hydroxylation sites is 2. The van der Waals surface area contributed by atoms with Crippen LogP contribution in [0.25, 0.3) is 0 Å². The van der Waals surface area contributed by atoms with Crippen molar-refractivity contribution in [3.63, 3.8) is 0 Å². The minimum Gasteiger partial charge on any atom is -0.479 e. The molecule has 0 radical (unpaired) electrons. The highest BCUT2D eigenvalue weighted by Gasteiger charge is 2.33. The maximum Gasteiger partial charge on any atom is 0.267 e. The van der Waals surface area contributed by atoms with Gasteiger partial charge in [-0.15, -0.1) is 0 Å². The molecule has 0 saturated carbocycles. The number of likely N-dealkylation sites (tertiary alicyclic amines) is 2. The fraction of sp³-hybridized carbons (Fsp3) is 0.591. The largest absolute Gasteiger partial charge is 0.479 e. The molecule has 0 aliphatic carbocycles. The molecule has 0 bridgehead atoms. The van der Waals surface area contributed by atoms with Gasteiger partial charge in [0.05, 0.1) is 5.69 Å². The van der Waals surface area contributed by atoms with E-state index >= 15 is 0 Å². The zero-order valence-corrected chi connectivity index (χ0v) is 17.0. The Morgan fingerprint density at radius 1 is 1.03 bits per heavy atom. The second kappa shape index (κ2) is 8.43. The quantitative estimate of drug-likeness (QED) is 0.777. The highest BCUT2D eigenvalue weighted by atomic mass is 16.5. The molecule has 2 fully saturated rings. The summed E-state index contributed by atoms with van der Waals surface area (Å²) >= 11 is 0. The Morgan fingerprint density at radius 2 is 1.72 bits per heavy atom. The van der Waals surface area contributed by atoms with E-state index in [0.717, 1.165) is 44.5 Å². The van der Waals surface area contributed by atoms with Gasteiger partial charge >= 0.3 is 0 Å². The number of piperidine rings is 1. The number of rotatable bonds is 4. The highest BCUT2D eigenvalue weighted by molar-refractivity contribution is 6.00. The summed E-state index contributed by atoms with van der Waals surface area (Å²) in [4.78, 5) is 43.3. The first-order chi connectivity index (χ1) is 14.0. The van der Waals surface area contributed by atoms with Gasteiger partial charge in [0.2, 0.25) is 11.8 Å². The number of amides is 3. The van der Waals surface area contributed by atoms with Gasteiger partial charge in [0.1, 0.15) is 5.75 Å². The van der Waals surface area contributed by atoms with E-state index in [1.54, 1.807) is 11.8 Å². The predicted octanol–water partition coefficient (Wildman–Crippen LogP) is 2.05. The molecule has 3 aliphatic rings. The molecule has 0 aromatic heterocycles. The summed E-state index contributed by atoms with van der Waals surface area (Å²) < 4.78 is 5.65. The van der Waals surface area contributed by atoms with Gasteiger partial charge in [0, 0.05) is 45.1 Å². The van der Waals surface area contributed by atoms with Gasteiger partial charge in [0.15, 0.2) is 6.10 Å². The number of nitrogens with zero attached hydrogens (tertiary/aromatic N) is 3. The lowest BCUT2D eigenvalue weighted by molar-refractivity contribution is -0.140. The van der Waals surface area contributed by atoms with E-state index in [9.17, 15) is 14.4 Å². The van der Waals surface area contributed by atoms with Gasteiger partial charge in [-0.05, 0) is 44.7 Å². The molecule has 1 atom stereocenters. The third-order valence-corrected chi connectivity index (χ3v) is 6.24. The summed E-state index contributed by atoms with van der Waals surface area (Å²) in [5.74, 6) is 0.908. The number of carbonyl (C=O) groups is 3. The van der Waals surface area contributed by atoms with Gasteiger partial charge in [-0.3, -0.25) is 14.4 Å². The van der Waals surface area contributed by atoms with Crippen LogP contribution in [0.15, 0.2) is 24.3 Å². The van der Waals surface area contributed by atoms with Gasteiger partial charge in [-0.2, -0.15) is 0 Å². The molecule has 29 heavy (non-hydrogen) atoms. The van der Waals surface area contributed by atoms with Crippen LogP contribution in [0.2, 0.25) is 0 Å². The van der Waals surface area contributed by atoms with E-state index in [1.807, 2.05) is 34.1 Å². The van der Waals surface area contributed by atoms with Crippen molar-refractivity contribution in [1.82, 2.24) is 9.80 Å². The average molecular weight is 399 g/mol. The van der Waals surface area contributed by atoms with Crippen LogP contribution in [0.4, 0.5) is 5.69 Å². The minimum absolute atomic E-state index is 0.0431. The molecule has 156 valence electrons. The Morgan fingerprint density at radius 3 is 2.45 bits per heavy atom. The predicted molar refractivity (Wildman–Crippen MR) is 109 cm³/mol. The number of benzene rings is 1. The molecule has 2 saturated heterocycles. The standard InChI is InChI=1S/C22H29N3O4/c1-16-21(27)25(18-6-2-3-7-19(18)29-16)15-10-20(26)23-13-8-17(9-14-23)22(28)24-11-4-5-12-24/h2-3,6-7,16-17H,4-5,8-15H2,1H3. The molecule has 3 aliphatic heterocycles. The number of hydrogen-bond donors (Lipinski definition) is 0. The van der Waals surface area contributed by atoms with E-state index in [2.05, 4.69) is 0 Å². The maximum absolute atomic E-state index is 12.7. The molecule has 7 heteroatoms. The molecule has 0 spiro atoms. The van der Waals surface area contributed by atoms with Gasteiger partial charge in [0.25, 0.3) is 5.91 Å². The van der Waals surface area contributed by atoms with Crippen molar-refractivity contribution >= 4 is 23.4 Å². The van der Waals surface area contributed by atoms with E-state index in [-0.39, 0.29) is 30.1 Å². The Bertz CT molecular complexity index is 782. The molecule has 1 unspecified atom stereocenters. The molecule has 3 heterocycles. The second-order valence-electron chi connectivity index (χ2n) is 8.16. The van der Waals surface area contributed by atoms with Crippen molar-refractivity contribution in [2.24, 2.45) is 5.92 Å². The van der Waals surface area contributed by atoms with E-state index < -0.39 is 6.10 Å². The van der Waals surface area contributed by atoms with Crippen molar-refractivity contribution in [2.75, 3.05) is 37.6 Å². The van der Waals surface area contributed by atoms with Gasteiger partial charge in [-0.1, -0.05) is 12.1 Å². The van der Waals surface area contributed by atoms with E-state index in [0.29, 0.717) is 25.4 Å². The summed E-state index contributed by atoms with van der Waals surface area (Å²) in [6.45, 7) is 5.07. The molecule has 3 amide bonds. The van der Waals surface area contributed by atoms with Crippen LogP contribution in [-0.2, 0) is 14.4 Å². The first kappa shape index (κ1) is 19.7. The highest BCUT2D eigenvalue weighted by Crippen LogP contribution is 2.33. The summed E-state index contributed by atoms with van der Waals surface area (Å²) in [5, 5.41) is 0. The summed E-state index contributed by atoms with van der Waals surface area (Å²) in [7, 11) is 0. The molecular formula is C22H29N3O4. The lowest BCUT2D eigenvalue weighted by Crippen LogP contribution is -2.47. The fourth-order valence-electron chi connectivity index (χ4n) is 4.53. The van der Waals surface area contributed by atoms with Gasteiger partial charge < -0.3 is 19.4 Å². The third kappa shape index (κ3) is 4.09. The van der Waals surface area contributed by atoms with Crippen LogP contribution in [0, 0.1) is 5.92 Å². The SMILES string of the molecule is CC1Oc2ccccc2N(CCC(=O)N2CCC(C(=O)N3CCCC3)CC2)C1=O. The first-order valence-electron chi connectivity index (χ1n) is 10.7. The monoisotopic (exact) mass is 399 g/mol. The van der Waals surface area contributed by atoms with Crippen LogP contribution in [0.1, 0.15) is 39.0 Å². The van der Waals surface area contributed by atoms with Crippen LogP contribution in [-0.4, -0.2) is 66.3 Å². The lowest BCUT2D eigenvalue weighted by atomic mass is 9.95. The average Bonchev–Trinajstić information content (AvgIpc) is 3.28. The van der Waals surface area contributed by atoms with E-state index in [1.165, 1.54) is 0 Å². The molecule has 4 rings (SSSR count). The number of carbonyl (C=O) groups excluding carboxylic acids is 3. The van der Waals surface area contributed by atoms with Crippen molar-refractivity contribution in [3.8, 4) is 5.75 Å². The molecule has 1 aromatic rings. The van der Waals surface area contributed by atoms with Crippen LogP contribution in [0.5, 0.6) is 5.75 Å². The Hall–Kier alpha value is -2.57. The summed E-state index contributed by atoms with van der Waals surface area (Å²) in [6, 6.07) is 7.43. The Kier molecular flexibility index (Phi) is 5.74. The first-order valence-corrected chi connectivity index (χ1v) is 10.7. The Balaban J connectivity index is 1.30. The van der Waals surface area contributed by atoms with Crippen molar-refractivity contribution in [3.05, 3.63) is 24.3 Å². The van der Waals surface area contributed by atoms with Crippen LogP contribution in [0.3, 0.4) is 0 Å². The normalized spacial score (nSPS) is 22.4. The zero-order chi connectivity index (χ0) is 20.4. The van der Waals surface area contributed by atoms with E-state index in [4.69, 9.17) is 4.74 Å². The summed E-state index contributed by atoms with van der Waals surface area (Å²) in [6.07, 6.45) is 3.40. The van der Waals surface area contributed by atoms with Crippen molar-refractivity contribution in [1.29, 1.82) is 0 Å². The number of anilines is 1. The fourth-order valence-corrected chi connectivity index (χ4v) is 4.53. The summed E-state index contributed by atoms with van der Waals surface area (Å²) in [5.41, 5.74) is 0.721. The number of fused-ring (bicyclic) bond motifs is 1. The zero-order valence-electron chi connectivity index (χ0n) is 17.0. The molecule has 0 N–H and O–H groups in total. The lowest BCUT2D eigenvalue weighted by Gasteiger charge is -2.35. The van der Waals surface area contributed by atoms with Crippen molar-refractivity contribution in [2.45, 2.75) is 45.1 Å². The van der Waals surface area contributed by atoms with Crippen molar-refractivity contribution < 1.29 is 19.1 Å². The number of ether oxygens (including phenoxy) is 1. The number of hydrogen-bond acceptors (Lipinski definition) is 4. The Labute approximate surface area is 171 Å². The molecule has 7 nitrogen and oxygen atoms in total.